The van der Waals surface area contributed by atoms with E-state index in [0.717, 1.165) is 51.4 Å². The number of ether oxygens (including phenoxy) is 1. The molecular formula is C28H35N5O6. The van der Waals surface area contributed by atoms with E-state index in [1.807, 2.05) is 12.1 Å². The maximum absolute atomic E-state index is 12.4. The molecule has 208 valence electrons. The molecule has 3 amide bonds. The molecule has 1 heterocycles. The molecule has 1 aliphatic heterocycles. The number of rotatable bonds is 11. The van der Waals surface area contributed by atoms with Gasteiger partial charge in [0, 0.05) is 35.5 Å². The lowest BCUT2D eigenvalue weighted by molar-refractivity contribution is -0.133. The lowest BCUT2D eigenvalue weighted by Gasteiger charge is -2.26. The Labute approximate surface area is 227 Å². The maximum atomic E-state index is 12.4. The Hall–Kier alpha value is -3.79. The molecule has 0 aliphatic carbocycles. The molecule has 0 radical (unpaired) electrons. The van der Waals surface area contributed by atoms with Gasteiger partial charge in [-0.1, -0.05) is 11.8 Å². The summed E-state index contributed by atoms with van der Waals surface area (Å²) in [4.78, 5) is 38.5. The predicted molar refractivity (Wildman–Crippen MR) is 145 cm³/mol. The summed E-state index contributed by atoms with van der Waals surface area (Å²) in [5.41, 5.74) is 3.79. The first-order valence-electron chi connectivity index (χ1n) is 12.8. The van der Waals surface area contributed by atoms with Crippen LogP contribution in [0, 0.1) is 11.8 Å². The molecule has 1 saturated heterocycles. The number of amides is 3. The second-order valence-electron chi connectivity index (χ2n) is 9.11. The number of hydroxylamine groups is 1. The summed E-state index contributed by atoms with van der Waals surface area (Å²) in [6.07, 6.45) is -0.220. The predicted octanol–water partition coefficient (Wildman–Crippen LogP) is 0.321. The van der Waals surface area contributed by atoms with Crippen LogP contribution in [-0.4, -0.2) is 91.0 Å². The SMILES string of the molecule is CC(O)C(NC(=O)c1ccc(C#Cc2ccc(NC(=O)CNCCCN3CCOCC3)cc2)cc1)C(=O)NO. The van der Waals surface area contributed by atoms with Crippen molar-refractivity contribution in [2.24, 2.45) is 0 Å². The number of nitrogens with one attached hydrogen (secondary N) is 4. The first-order chi connectivity index (χ1) is 18.9. The Morgan fingerprint density at radius 2 is 1.62 bits per heavy atom. The topological polar surface area (TPSA) is 152 Å². The van der Waals surface area contributed by atoms with Crippen LogP contribution in [0.15, 0.2) is 48.5 Å². The van der Waals surface area contributed by atoms with Gasteiger partial charge in [-0.3, -0.25) is 24.5 Å². The van der Waals surface area contributed by atoms with E-state index in [9.17, 15) is 19.5 Å². The Kier molecular flexibility index (Phi) is 11.9. The third-order valence-electron chi connectivity index (χ3n) is 6.05. The first-order valence-corrected chi connectivity index (χ1v) is 12.8. The van der Waals surface area contributed by atoms with Gasteiger partial charge in [-0.25, -0.2) is 5.48 Å². The zero-order valence-electron chi connectivity index (χ0n) is 21.9. The highest BCUT2D eigenvalue weighted by Crippen LogP contribution is 2.10. The fourth-order valence-corrected chi connectivity index (χ4v) is 3.85. The molecule has 2 aromatic rings. The summed E-state index contributed by atoms with van der Waals surface area (Å²) in [7, 11) is 0. The molecule has 0 bridgehead atoms. The van der Waals surface area contributed by atoms with E-state index in [4.69, 9.17) is 9.94 Å². The molecule has 1 aliphatic rings. The van der Waals surface area contributed by atoms with Crippen molar-refractivity contribution in [3.05, 3.63) is 65.2 Å². The minimum Gasteiger partial charge on any atom is -0.391 e. The molecule has 2 unspecified atom stereocenters. The molecular weight excluding hydrogens is 502 g/mol. The highest BCUT2D eigenvalue weighted by atomic mass is 16.5. The van der Waals surface area contributed by atoms with Crippen LogP contribution in [0.5, 0.6) is 0 Å². The van der Waals surface area contributed by atoms with Crippen molar-refractivity contribution >= 4 is 23.4 Å². The van der Waals surface area contributed by atoms with Gasteiger partial charge in [-0.15, -0.1) is 0 Å². The zero-order valence-corrected chi connectivity index (χ0v) is 21.9. The number of anilines is 1. The largest absolute Gasteiger partial charge is 0.391 e. The van der Waals surface area contributed by atoms with Gasteiger partial charge in [0.2, 0.25) is 5.91 Å². The fraction of sp³-hybridized carbons (Fsp3) is 0.393. The van der Waals surface area contributed by atoms with Crippen molar-refractivity contribution in [2.45, 2.75) is 25.5 Å². The highest BCUT2D eigenvalue weighted by molar-refractivity contribution is 5.97. The number of nitrogens with zero attached hydrogens (tertiary/aromatic N) is 1. The Balaban J connectivity index is 1.42. The normalized spacial score (nSPS) is 14.8. The highest BCUT2D eigenvalue weighted by Gasteiger charge is 2.25. The molecule has 0 spiro atoms. The average molecular weight is 538 g/mol. The van der Waals surface area contributed by atoms with Crippen molar-refractivity contribution < 1.29 is 29.4 Å². The van der Waals surface area contributed by atoms with Crippen molar-refractivity contribution in [3.8, 4) is 11.8 Å². The minimum atomic E-state index is -1.29. The number of aliphatic hydroxyl groups excluding tert-OH is 1. The number of morpholine rings is 1. The monoisotopic (exact) mass is 537 g/mol. The van der Waals surface area contributed by atoms with E-state index < -0.39 is 24.0 Å². The lowest BCUT2D eigenvalue weighted by Crippen LogP contribution is -2.51. The quantitative estimate of drug-likeness (QED) is 0.104. The Morgan fingerprint density at radius 3 is 2.21 bits per heavy atom. The van der Waals surface area contributed by atoms with Crippen LogP contribution in [0.25, 0.3) is 0 Å². The first kappa shape index (κ1) is 29.8. The zero-order chi connectivity index (χ0) is 28.0. The molecule has 1 fully saturated rings. The third-order valence-corrected chi connectivity index (χ3v) is 6.05. The van der Waals surface area contributed by atoms with Crippen LogP contribution in [0.3, 0.4) is 0 Å². The number of hydrogen-bond acceptors (Lipinski definition) is 8. The van der Waals surface area contributed by atoms with Crippen LogP contribution < -0.4 is 21.4 Å². The van der Waals surface area contributed by atoms with Gasteiger partial charge in [0.15, 0.2) is 0 Å². The molecule has 2 aromatic carbocycles. The Bertz CT molecular complexity index is 1150. The third kappa shape index (κ3) is 10.1. The second-order valence-corrected chi connectivity index (χ2v) is 9.11. The van der Waals surface area contributed by atoms with E-state index in [0.29, 0.717) is 11.3 Å². The minimum absolute atomic E-state index is 0.110. The van der Waals surface area contributed by atoms with E-state index in [1.54, 1.807) is 36.4 Å². The van der Waals surface area contributed by atoms with E-state index >= 15 is 0 Å². The summed E-state index contributed by atoms with van der Waals surface area (Å²) < 4.78 is 5.34. The van der Waals surface area contributed by atoms with Crippen LogP contribution in [-0.2, 0) is 14.3 Å². The average Bonchev–Trinajstić information content (AvgIpc) is 2.95. The van der Waals surface area contributed by atoms with Crippen LogP contribution in [0.4, 0.5) is 5.69 Å². The second kappa shape index (κ2) is 15.6. The van der Waals surface area contributed by atoms with Gasteiger partial charge in [0.25, 0.3) is 11.8 Å². The molecule has 0 saturated carbocycles. The van der Waals surface area contributed by atoms with Gasteiger partial charge >= 0.3 is 0 Å². The summed E-state index contributed by atoms with van der Waals surface area (Å²) in [6, 6.07) is 12.3. The van der Waals surface area contributed by atoms with Gasteiger partial charge in [0.05, 0.1) is 25.9 Å². The number of carbonyl (C=O) groups excluding carboxylic acids is 3. The summed E-state index contributed by atoms with van der Waals surface area (Å²) >= 11 is 0. The summed E-state index contributed by atoms with van der Waals surface area (Å²) in [5, 5.41) is 26.8. The van der Waals surface area contributed by atoms with Crippen molar-refractivity contribution in [3.63, 3.8) is 0 Å². The molecule has 39 heavy (non-hydrogen) atoms. The van der Waals surface area contributed by atoms with Gasteiger partial charge in [-0.2, -0.15) is 0 Å². The van der Waals surface area contributed by atoms with Crippen LogP contribution in [0.2, 0.25) is 0 Å². The Morgan fingerprint density at radius 1 is 1.00 bits per heavy atom. The van der Waals surface area contributed by atoms with E-state index in [2.05, 4.69) is 32.7 Å². The van der Waals surface area contributed by atoms with Gasteiger partial charge in [-0.05, 0) is 75.0 Å². The van der Waals surface area contributed by atoms with Gasteiger partial charge < -0.3 is 25.8 Å². The number of benzene rings is 2. The van der Waals surface area contributed by atoms with E-state index in [1.165, 1.54) is 12.4 Å². The number of hydrogen-bond donors (Lipinski definition) is 6. The van der Waals surface area contributed by atoms with Crippen molar-refractivity contribution in [2.75, 3.05) is 51.3 Å². The molecule has 2 atom stereocenters. The van der Waals surface area contributed by atoms with Crippen LogP contribution in [0.1, 0.15) is 34.8 Å². The number of aliphatic hydroxyl groups is 1. The molecule has 6 N–H and O–H groups in total. The molecule has 0 aromatic heterocycles. The summed E-state index contributed by atoms with van der Waals surface area (Å²) in [5.74, 6) is 4.44. The molecule has 11 heteroatoms. The van der Waals surface area contributed by atoms with Crippen molar-refractivity contribution in [1.82, 2.24) is 21.0 Å². The molecule has 3 rings (SSSR count). The van der Waals surface area contributed by atoms with E-state index in [-0.39, 0.29) is 18.0 Å². The molecule has 11 nitrogen and oxygen atoms in total. The maximum Gasteiger partial charge on any atom is 0.268 e. The smallest absolute Gasteiger partial charge is 0.268 e. The lowest BCUT2D eigenvalue weighted by atomic mass is 10.1. The summed E-state index contributed by atoms with van der Waals surface area (Å²) in [6.45, 7) is 6.84. The number of carbonyl (C=O) groups is 3. The van der Waals surface area contributed by atoms with Gasteiger partial charge in [0.1, 0.15) is 6.04 Å². The van der Waals surface area contributed by atoms with Crippen molar-refractivity contribution in [1.29, 1.82) is 0 Å². The standard InChI is InChI=1S/C28H35N5O6/c1-20(34)26(28(37)32-38)31-27(36)23-9-5-21(6-10-23)3-4-22-7-11-24(12-8-22)30-25(35)19-29-13-2-14-33-15-17-39-18-16-33/h5-12,20,26,29,34,38H,2,13-19H2,1H3,(H,30,35)(H,31,36)(H,32,37). The van der Waals surface area contributed by atoms with Crippen LogP contribution >= 0.6 is 0 Å². The fourth-order valence-electron chi connectivity index (χ4n) is 3.85.